The van der Waals surface area contributed by atoms with Gasteiger partial charge in [-0.05, 0) is 6.92 Å². The Bertz CT molecular complexity index is 22.8. The molecule has 40 valence electrons. The van der Waals surface area contributed by atoms with Crippen molar-refractivity contribution in [1.29, 1.82) is 0 Å². The van der Waals surface area contributed by atoms with Crippen LogP contribution in [0.2, 0.25) is 0 Å². The molecule has 0 fully saturated rings. The van der Waals surface area contributed by atoms with Crippen molar-refractivity contribution in [2.75, 3.05) is 5.88 Å². The minimum Gasteiger partial charge on any atom is -0.392 e. The molecule has 1 nitrogen and oxygen atoms in total. The van der Waals surface area contributed by atoms with Gasteiger partial charge in [0.25, 0.3) is 0 Å². The summed E-state index contributed by atoms with van der Waals surface area (Å²) >= 11 is 5.09. The van der Waals surface area contributed by atoms with Gasteiger partial charge < -0.3 is 5.11 Å². The van der Waals surface area contributed by atoms with E-state index in [0.717, 1.165) is 0 Å². The third-order valence-electron chi connectivity index (χ3n) is 0.223. The summed E-state index contributed by atoms with van der Waals surface area (Å²) in [5.41, 5.74) is 0. The maximum Gasteiger partial charge on any atom is 0.0647 e. The van der Waals surface area contributed by atoms with Gasteiger partial charge in [0.05, 0.1) is 6.10 Å². The summed E-state index contributed by atoms with van der Waals surface area (Å²) < 4.78 is 0. The van der Waals surface area contributed by atoms with Crippen LogP contribution in [0.5, 0.6) is 0 Å². The molecule has 0 amide bonds. The Balaban J connectivity index is 0. The van der Waals surface area contributed by atoms with Gasteiger partial charge in [0, 0.05) is 5.88 Å². The molecule has 0 aromatic rings. The second-order valence-corrected chi connectivity index (χ2v) is 1.31. The van der Waals surface area contributed by atoms with Crippen molar-refractivity contribution in [2.45, 2.75) is 13.0 Å². The lowest BCUT2D eigenvalue weighted by atomic mass is 10.5. The number of hydrogen-bond donors (Lipinski definition) is 1. The zero-order chi connectivity index (χ0) is 4.28. The van der Waals surface area contributed by atoms with Crippen molar-refractivity contribution >= 4 is 24.0 Å². The zero-order valence-electron chi connectivity index (χ0n) is 3.52. The van der Waals surface area contributed by atoms with E-state index in [4.69, 9.17) is 16.7 Å². The Morgan fingerprint density at radius 1 is 1.83 bits per heavy atom. The molecule has 0 aliphatic carbocycles. The first-order valence-electron chi connectivity index (χ1n) is 1.51. The zero-order valence-corrected chi connectivity index (χ0v) is 5.09. The highest BCUT2D eigenvalue weighted by Crippen LogP contribution is 1.80. The molecular formula is C3H8Cl2O. The molecule has 1 N–H and O–H groups in total. The van der Waals surface area contributed by atoms with Gasteiger partial charge in [-0.25, -0.2) is 0 Å². The van der Waals surface area contributed by atoms with Crippen molar-refractivity contribution in [3.05, 3.63) is 0 Å². The average Bonchev–Trinajstić information content (AvgIpc) is 1.38. The van der Waals surface area contributed by atoms with E-state index in [2.05, 4.69) is 0 Å². The van der Waals surface area contributed by atoms with Crippen LogP contribution in [0.4, 0.5) is 0 Å². The molecule has 0 aromatic carbocycles. The highest BCUT2D eigenvalue weighted by atomic mass is 35.5. The standard InChI is InChI=1S/C3H7ClO.ClH/c1-3(5)2-4;/h3,5H,2H2,1H3;1H. The summed E-state index contributed by atoms with van der Waals surface area (Å²) in [6, 6.07) is 0. The summed E-state index contributed by atoms with van der Waals surface area (Å²) in [5.74, 6) is 0.333. The van der Waals surface area contributed by atoms with Gasteiger partial charge in [0.1, 0.15) is 0 Å². The van der Waals surface area contributed by atoms with E-state index < -0.39 is 0 Å². The Hall–Kier alpha value is 0.540. The normalized spacial score (nSPS) is 12.5. The molecule has 0 spiro atoms. The summed E-state index contributed by atoms with van der Waals surface area (Å²) in [6.45, 7) is 1.65. The van der Waals surface area contributed by atoms with Crippen LogP contribution in [-0.2, 0) is 0 Å². The van der Waals surface area contributed by atoms with Crippen LogP contribution in [-0.4, -0.2) is 17.1 Å². The molecule has 6 heavy (non-hydrogen) atoms. The Morgan fingerprint density at radius 3 is 2.00 bits per heavy atom. The molecule has 0 aromatic heterocycles. The second kappa shape index (κ2) is 5.54. The van der Waals surface area contributed by atoms with Gasteiger partial charge in [-0.3, -0.25) is 0 Å². The lowest BCUT2D eigenvalue weighted by molar-refractivity contribution is 0.219. The van der Waals surface area contributed by atoms with Gasteiger partial charge in [0.2, 0.25) is 0 Å². The molecule has 0 saturated heterocycles. The van der Waals surface area contributed by atoms with Crippen molar-refractivity contribution in [2.24, 2.45) is 0 Å². The van der Waals surface area contributed by atoms with Gasteiger partial charge in [-0.2, -0.15) is 0 Å². The van der Waals surface area contributed by atoms with Gasteiger partial charge in [0.15, 0.2) is 0 Å². The summed E-state index contributed by atoms with van der Waals surface area (Å²) in [5, 5.41) is 8.23. The fourth-order valence-electron chi connectivity index (χ4n) is 0. The fraction of sp³-hybridized carbons (Fsp3) is 1.00. The quantitative estimate of drug-likeness (QED) is 0.527. The van der Waals surface area contributed by atoms with Crippen LogP contribution in [0, 0.1) is 0 Å². The molecule has 1 atom stereocenters. The highest BCUT2D eigenvalue weighted by molar-refractivity contribution is 6.18. The first-order valence-corrected chi connectivity index (χ1v) is 2.05. The van der Waals surface area contributed by atoms with Crippen molar-refractivity contribution < 1.29 is 5.11 Å². The summed E-state index contributed by atoms with van der Waals surface area (Å²) in [7, 11) is 0. The van der Waals surface area contributed by atoms with Gasteiger partial charge in [-0.1, -0.05) is 0 Å². The van der Waals surface area contributed by atoms with Crippen molar-refractivity contribution in [3.63, 3.8) is 0 Å². The molecule has 0 radical (unpaired) electrons. The van der Waals surface area contributed by atoms with E-state index in [1.54, 1.807) is 6.92 Å². The number of aliphatic hydroxyl groups excluding tert-OH is 1. The Morgan fingerprint density at radius 2 is 2.00 bits per heavy atom. The van der Waals surface area contributed by atoms with Crippen LogP contribution in [0.3, 0.4) is 0 Å². The Kier molecular flexibility index (Phi) is 8.99. The number of rotatable bonds is 1. The van der Waals surface area contributed by atoms with E-state index in [-0.39, 0.29) is 18.5 Å². The predicted octanol–water partition coefficient (Wildman–Crippen LogP) is 1.03. The number of hydrogen-bond acceptors (Lipinski definition) is 1. The average molecular weight is 131 g/mol. The highest BCUT2D eigenvalue weighted by Gasteiger charge is 1.83. The minimum absolute atomic E-state index is 0. The van der Waals surface area contributed by atoms with Crippen molar-refractivity contribution in [3.8, 4) is 0 Å². The van der Waals surface area contributed by atoms with Gasteiger partial charge in [-0.15, -0.1) is 24.0 Å². The summed E-state index contributed by atoms with van der Waals surface area (Å²) in [4.78, 5) is 0. The van der Waals surface area contributed by atoms with Crippen LogP contribution < -0.4 is 0 Å². The van der Waals surface area contributed by atoms with Crippen LogP contribution in [0.1, 0.15) is 6.92 Å². The topological polar surface area (TPSA) is 20.2 Å². The third-order valence-corrected chi connectivity index (χ3v) is 0.670. The van der Waals surface area contributed by atoms with Crippen LogP contribution in [0.25, 0.3) is 0 Å². The number of aliphatic hydroxyl groups is 1. The molecule has 0 rings (SSSR count). The maximum absolute atomic E-state index is 8.23. The number of alkyl halides is 1. The minimum atomic E-state index is -0.350. The smallest absolute Gasteiger partial charge is 0.0647 e. The largest absolute Gasteiger partial charge is 0.392 e. The molecule has 1 unspecified atom stereocenters. The van der Waals surface area contributed by atoms with E-state index in [0.29, 0.717) is 5.88 Å². The third kappa shape index (κ3) is 8.82. The molecular weight excluding hydrogens is 123 g/mol. The molecule has 3 heteroatoms. The lowest BCUT2D eigenvalue weighted by Gasteiger charge is -1.88. The predicted molar refractivity (Wildman–Crippen MR) is 29.6 cm³/mol. The van der Waals surface area contributed by atoms with E-state index in [1.807, 2.05) is 0 Å². The lowest BCUT2D eigenvalue weighted by Crippen LogP contribution is -1.98. The molecule has 0 heterocycles. The fourth-order valence-corrected chi connectivity index (χ4v) is 0. The van der Waals surface area contributed by atoms with E-state index >= 15 is 0 Å². The second-order valence-electron chi connectivity index (χ2n) is 1.00. The van der Waals surface area contributed by atoms with E-state index in [9.17, 15) is 0 Å². The number of halogens is 2. The SMILES string of the molecule is CC(O)CCl.Cl. The van der Waals surface area contributed by atoms with E-state index in [1.165, 1.54) is 0 Å². The summed E-state index contributed by atoms with van der Waals surface area (Å²) in [6.07, 6.45) is -0.350. The first kappa shape index (κ1) is 9.74. The van der Waals surface area contributed by atoms with Crippen LogP contribution >= 0.6 is 24.0 Å². The maximum atomic E-state index is 8.23. The molecule has 0 saturated carbocycles. The molecule has 0 aliphatic rings. The Labute approximate surface area is 48.7 Å². The van der Waals surface area contributed by atoms with Crippen LogP contribution in [0.15, 0.2) is 0 Å². The monoisotopic (exact) mass is 130 g/mol. The molecule has 0 aliphatic heterocycles. The van der Waals surface area contributed by atoms with Gasteiger partial charge >= 0.3 is 0 Å². The van der Waals surface area contributed by atoms with Crippen molar-refractivity contribution in [1.82, 2.24) is 0 Å². The molecule has 0 bridgehead atoms. The first-order chi connectivity index (χ1) is 2.27.